The number of carbonyl (C=O) groups is 3. The van der Waals surface area contributed by atoms with E-state index < -0.39 is 11.9 Å². The molecule has 0 aliphatic heterocycles. The van der Waals surface area contributed by atoms with Gasteiger partial charge in [-0.1, -0.05) is 0 Å². The Hall–Kier alpha value is -1.37. The Morgan fingerprint density at radius 3 is 1.39 bits per heavy atom. The van der Waals surface area contributed by atoms with Crippen LogP contribution >= 0.6 is 0 Å². The van der Waals surface area contributed by atoms with E-state index in [1.54, 1.807) is 0 Å². The third-order valence-corrected chi connectivity index (χ3v) is 1.73. The summed E-state index contributed by atoms with van der Waals surface area (Å²) in [6.07, 6.45) is 0. The van der Waals surface area contributed by atoms with Crippen molar-refractivity contribution in [2.75, 3.05) is 14.2 Å². The molecule has 18 heavy (non-hydrogen) atoms. The summed E-state index contributed by atoms with van der Waals surface area (Å²) in [6, 6.07) is 6.05. The van der Waals surface area contributed by atoms with Crippen LogP contribution in [0.25, 0.3) is 0 Å². The summed E-state index contributed by atoms with van der Waals surface area (Å²) >= 11 is 0. The molecule has 0 aliphatic carbocycles. The zero-order valence-corrected chi connectivity index (χ0v) is 9.38. The average molecular weight is 264 g/mol. The van der Waals surface area contributed by atoms with Gasteiger partial charge in [0.25, 0.3) is 6.47 Å². The molecule has 7 heteroatoms. The summed E-state index contributed by atoms with van der Waals surface area (Å²) in [5, 5.41) is 6.89. The van der Waals surface area contributed by atoms with E-state index in [0.717, 1.165) is 0 Å². The molecule has 1 aromatic carbocycles. The number of methoxy groups -OCH3 is 2. The molecule has 0 amide bonds. The molecule has 0 spiro atoms. The number of benzene rings is 1. The van der Waals surface area contributed by atoms with Crippen LogP contribution in [0.1, 0.15) is 20.7 Å². The zero-order valence-electron chi connectivity index (χ0n) is 9.38. The standard InChI is InChI=1S/C10H10O4.CH2O2.Na.H/c1-13-9(11)7-3-5-8(6-4-7)10(12)14-2;2-1-3;;/h3-6H,1-2H3;1H,(H,2,3);;. The molecule has 0 aromatic heterocycles. The Morgan fingerprint density at radius 1 is 1.00 bits per heavy atom. The van der Waals surface area contributed by atoms with E-state index in [1.165, 1.54) is 38.5 Å². The predicted octanol–water partition coefficient (Wildman–Crippen LogP) is 0.312. The molecule has 1 aromatic rings. The summed E-state index contributed by atoms with van der Waals surface area (Å²) in [5.41, 5.74) is 0.806. The molecule has 0 saturated heterocycles. The minimum atomic E-state index is -0.429. The Balaban J connectivity index is 0. The van der Waals surface area contributed by atoms with Crippen molar-refractivity contribution in [3.63, 3.8) is 0 Å². The molecule has 6 nitrogen and oxygen atoms in total. The van der Waals surface area contributed by atoms with Gasteiger partial charge in [0.15, 0.2) is 0 Å². The van der Waals surface area contributed by atoms with E-state index in [9.17, 15) is 9.59 Å². The van der Waals surface area contributed by atoms with Crippen molar-refractivity contribution >= 4 is 48.0 Å². The number of carbonyl (C=O) groups excluding carboxylic acids is 2. The van der Waals surface area contributed by atoms with Crippen LogP contribution in [-0.4, -0.2) is 67.3 Å². The molecule has 0 fully saturated rings. The molecule has 94 valence electrons. The van der Waals surface area contributed by atoms with Crippen molar-refractivity contribution in [3.8, 4) is 0 Å². The zero-order chi connectivity index (χ0) is 13.3. The third kappa shape index (κ3) is 6.39. The maximum absolute atomic E-state index is 11.0. The first-order valence-electron chi connectivity index (χ1n) is 4.45. The van der Waals surface area contributed by atoms with Crippen LogP contribution in [0.4, 0.5) is 0 Å². The van der Waals surface area contributed by atoms with Gasteiger partial charge >= 0.3 is 41.5 Å². The van der Waals surface area contributed by atoms with Crippen molar-refractivity contribution < 1.29 is 29.0 Å². The van der Waals surface area contributed by atoms with E-state index in [4.69, 9.17) is 9.90 Å². The van der Waals surface area contributed by atoms with Crippen molar-refractivity contribution in [2.45, 2.75) is 0 Å². The number of rotatable bonds is 2. The van der Waals surface area contributed by atoms with Crippen LogP contribution in [0.5, 0.6) is 0 Å². The van der Waals surface area contributed by atoms with Gasteiger partial charge in [0.1, 0.15) is 0 Å². The monoisotopic (exact) mass is 264 g/mol. The van der Waals surface area contributed by atoms with Crippen LogP contribution in [0.3, 0.4) is 0 Å². The first kappa shape index (κ1) is 19.0. The summed E-state index contributed by atoms with van der Waals surface area (Å²) in [4.78, 5) is 30.4. The Morgan fingerprint density at radius 2 is 1.22 bits per heavy atom. The van der Waals surface area contributed by atoms with Crippen molar-refractivity contribution in [2.24, 2.45) is 0 Å². The fraction of sp³-hybridized carbons (Fsp3) is 0.182. The average Bonchev–Trinajstić information content (AvgIpc) is 2.38. The molecule has 0 aliphatic rings. The molecule has 1 rings (SSSR count). The summed E-state index contributed by atoms with van der Waals surface area (Å²) in [6.45, 7) is -0.250. The molecular weight excluding hydrogens is 251 g/mol. The second-order valence-corrected chi connectivity index (χ2v) is 2.67. The van der Waals surface area contributed by atoms with Crippen LogP contribution in [0.2, 0.25) is 0 Å². The SMILES string of the molecule is COC(=O)c1ccc(C(=O)OC)cc1.O=CO.[NaH]. The van der Waals surface area contributed by atoms with Crippen molar-refractivity contribution in [3.05, 3.63) is 35.4 Å². The van der Waals surface area contributed by atoms with Gasteiger partial charge in [0.2, 0.25) is 0 Å². The van der Waals surface area contributed by atoms with E-state index in [0.29, 0.717) is 11.1 Å². The van der Waals surface area contributed by atoms with Gasteiger partial charge in [0.05, 0.1) is 25.3 Å². The maximum atomic E-state index is 11.0. The fourth-order valence-electron chi connectivity index (χ4n) is 0.978. The molecule has 0 unspecified atom stereocenters. The summed E-state index contributed by atoms with van der Waals surface area (Å²) < 4.78 is 9.02. The van der Waals surface area contributed by atoms with Gasteiger partial charge in [-0.2, -0.15) is 0 Å². The van der Waals surface area contributed by atoms with E-state index in [-0.39, 0.29) is 36.0 Å². The number of hydrogen-bond donors (Lipinski definition) is 1. The van der Waals surface area contributed by atoms with Gasteiger partial charge < -0.3 is 14.6 Å². The van der Waals surface area contributed by atoms with Crippen LogP contribution in [-0.2, 0) is 14.3 Å². The van der Waals surface area contributed by atoms with Crippen LogP contribution < -0.4 is 0 Å². The van der Waals surface area contributed by atoms with Gasteiger partial charge in [-0.05, 0) is 24.3 Å². The minimum absolute atomic E-state index is 0. The topological polar surface area (TPSA) is 89.9 Å². The number of ether oxygens (including phenoxy) is 2. The number of esters is 2. The quantitative estimate of drug-likeness (QED) is 0.470. The van der Waals surface area contributed by atoms with Crippen molar-refractivity contribution in [1.82, 2.24) is 0 Å². The van der Waals surface area contributed by atoms with Crippen molar-refractivity contribution in [1.29, 1.82) is 0 Å². The predicted molar refractivity (Wildman–Crippen MR) is 65.0 cm³/mol. The second kappa shape index (κ2) is 10.8. The van der Waals surface area contributed by atoms with Gasteiger partial charge in [-0.15, -0.1) is 0 Å². The molecule has 0 saturated carbocycles. The number of carboxylic acid groups (broad SMARTS) is 1. The Kier molecular flexibility index (Phi) is 11.3. The summed E-state index contributed by atoms with van der Waals surface area (Å²) in [7, 11) is 2.60. The Bertz CT molecular complexity index is 352. The molecule has 0 bridgehead atoms. The summed E-state index contributed by atoms with van der Waals surface area (Å²) in [5.74, 6) is -0.858. The van der Waals surface area contributed by atoms with Gasteiger partial charge in [0, 0.05) is 0 Å². The first-order chi connectivity index (χ1) is 8.10. The van der Waals surface area contributed by atoms with Gasteiger partial charge in [-0.3, -0.25) is 4.79 Å². The van der Waals surface area contributed by atoms with E-state index in [2.05, 4.69) is 9.47 Å². The van der Waals surface area contributed by atoms with Gasteiger partial charge in [-0.25, -0.2) is 9.59 Å². The number of hydrogen-bond acceptors (Lipinski definition) is 5. The molecule has 0 radical (unpaired) electrons. The van der Waals surface area contributed by atoms with Crippen LogP contribution in [0.15, 0.2) is 24.3 Å². The fourth-order valence-corrected chi connectivity index (χ4v) is 0.978. The van der Waals surface area contributed by atoms with Crippen LogP contribution in [0, 0.1) is 0 Å². The second-order valence-electron chi connectivity index (χ2n) is 2.67. The molecule has 1 N–H and O–H groups in total. The molecule has 0 heterocycles. The Labute approximate surface area is 126 Å². The first-order valence-corrected chi connectivity index (χ1v) is 4.45. The molecular formula is C11H13NaO6. The molecule has 0 atom stereocenters. The van der Waals surface area contributed by atoms with E-state index in [1.807, 2.05) is 0 Å². The van der Waals surface area contributed by atoms with E-state index >= 15 is 0 Å². The third-order valence-electron chi connectivity index (χ3n) is 1.73. The normalized spacial score (nSPS) is 7.89.